The lowest BCUT2D eigenvalue weighted by molar-refractivity contribution is 0.102. The lowest BCUT2D eigenvalue weighted by Crippen LogP contribution is -2.13. The Kier molecular flexibility index (Phi) is 3.77. The molecule has 2 heterocycles. The Labute approximate surface area is 147 Å². The van der Waals surface area contributed by atoms with Crippen molar-refractivity contribution in [2.45, 2.75) is 0 Å². The van der Waals surface area contributed by atoms with Gasteiger partial charge in [0.2, 0.25) is 0 Å². The van der Waals surface area contributed by atoms with Crippen LogP contribution in [0.2, 0.25) is 0 Å². The van der Waals surface area contributed by atoms with Gasteiger partial charge in [-0.3, -0.25) is 10.1 Å². The number of nitrogens with zero attached hydrogens (tertiary/aromatic N) is 4. The fraction of sp³-hybridized carbons (Fsp3) is 0.0556. The topological polar surface area (TPSA) is 103 Å². The van der Waals surface area contributed by atoms with Gasteiger partial charge in [0.05, 0.1) is 12.6 Å². The molecule has 0 spiro atoms. The zero-order valence-electron chi connectivity index (χ0n) is 13.7. The largest absolute Gasteiger partial charge is 0.422 e. The van der Waals surface area contributed by atoms with E-state index < -0.39 is 11.5 Å². The average Bonchev–Trinajstić information content (AvgIpc) is 3.06. The van der Waals surface area contributed by atoms with Crippen LogP contribution in [0.1, 0.15) is 10.4 Å². The summed E-state index contributed by atoms with van der Waals surface area (Å²) in [5, 5.41) is 14.6. The first-order valence-electron chi connectivity index (χ1n) is 7.79. The van der Waals surface area contributed by atoms with E-state index in [0.29, 0.717) is 22.3 Å². The first kappa shape index (κ1) is 15.7. The molecule has 0 bridgehead atoms. The summed E-state index contributed by atoms with van der Waals surface area (Å²) >= 11 is 0. The van der Waals surface area contributed by atoms with E-state index in [-0.39, 0.29) is 5.95 Å². The minimum absolute atomic E-state index is 0.105. The van der Waals surface area contributed by atoms with Gasteiger partial charge in [0.25, 0.3) is 11.9 Å². The maximum atomic E-state index is 12.4. The third-order valence-corrected chi connectivity index (χ3v) is 3.81. The van der Waals surface area contributed by atoms with Crippen LogP contribution >= 0.6 is 0 Å². The van der Waals surface area contributed by atoms with Crippen LogP contribution in [0, 0.1) is 0 Å². The Morgan fingerprint density at radius 1 is 1.12 bits per heavy atom. The number of aromatic nitrogens is 4. The molecule has 8 nitrogen and oxygen atoms in total. The maximum Gasteiger partial charge on any atom is 0.344 e. The summed E-state index contributed by atoms with van der Waals surface area (Å²) in [7, 11) is 1.60. The zero-order chi connectivity index (χ0) is 18.1. The zero-order valence-corrected chi connectivity index (χ0v) is 13.7. The third kappa shape index (κ3) is 2.95. The second kappa shape index (κ2) is 6.25. The number of anilines is 1. The van der Waals surface area contributed by atoms with E-state index >= 15 is 0 Å². The van der Waals surface area contributed by atoms with Crippen LogP contribution in [0.25, 0.3) is 22.1 Å². The highest BCUT2D eigenvalue weighted by molar-refractivity contribution is 6.04. The first-order valence-corrected chi connectivity index (χ1v) is 7.79. The van der Waals surface area contributed by atoms with Crippen molar-refractivity contribution in [3.63, 3.8) is 0 Å². The van der Waals surface area contributed by atoms with E-state index in [1.54, 1.807) is 49.5 Å². The molecular formula is C18H13N5O3. The minimum Gasteiger partial charge on any atom is -0.422 e. The third-order valence-electron chi connectivity index (χ3n) is 3.81. The van der Waals surface area contributed by atoms with Crippen molar-refractivity contribution in [1.82, 2.24) is 20.2 Å². The highest BCUT2D eigenvalue weighted by Gasteiger charge is 2.13. The quantitative estimate of drug-likeness (QED) is 0.570. The molecule has 4 rings (SSSR count). The number of benzene rings is 2. The van der Waals surface area contributed by atoms with Gasteiger partial charge in [0, 0.05) is 10.9 Å². The molecule has 8 heteroatoms. The van der Waals surface area contributed by atoms with Crippen LogP contribution < -0.4 is 10.9 Å². The van der Waals surface area contributed by atoms with E-state index in [0.717, 1.165) is 5.39 Å². The molecule has 0 saturated carbocycles. The van der Waals surface area contributed by atoms with Crippen LogP contribution in [-0.2, 0) is 7.05 Å². The monoisotopic (exact) mass is 347 g/mol. The van der Waals surface area contributed by atoms with Gasteiger partial charge in [-0.05, 0) is 35.0 Å². The molecule has 0 fully saturated rings. The number of tetrazole rings is 1. The molecule has 0 radical (unpaired) electrons. The minimum atomic E-state index is -0.461. The lowest BCUT2D eigenvalue weighted by atomic mass is 10.0. The molecule has 0 aliphatic rings. The SMILES string of the molecule is Cn1nnc(NC(=O)c2cccc(-c3cc4ccccc4oc3=O)c2)n1. The van der Waals surface area contributed by atoms with Crippen LogP contribution in [0.3, 0.4) is 0 Å². The van der Waals surface area contributed by atoms with Gasteiger partial charge in [0.1, 0.15) is 5.58 Å². The van der Waals surface area contributed by atoms with Crippen LogP contribution in [-0.4, -0.2) is 26.1 Å². The normalized spacial score (nSPS) is 10.8. The molecule has 0 unspecified atom stereocenters. The number of fused-ring (bicyclic) bond motifs is 1. The smallest absolute Gasteiger partial charge is 0.344 e. The second-order valence-electron chi connectivity index (χ2n) is 5.62. The molecule has 2 aromatic heterocycles. The van der Waals surface area contributed by atoms with Crippen molar-refractivity contribution in [3.8, 4) is 11.1 Å². The summed E-state index contributed by atoms with van der Waals surface area (Å²) in [6.07, 6.45) is 0. The van der Waals surface area contributed by atoms with Gasteiger partial charge >= 0.3 is 5.63 Å². The highest BCUT2D eigenvalue weighted by Crippen LogP contribution is 2.22. The van der Waals surface area contributed by atoms with Gasteiger partial charge in [-0.25, -0.2) is 4.79 Å². The Bertz CT molecular complexity index is 1180. The van der Waals surface area contributed by atoms with Crippen LogP contribution in [0.4, 0.5) is 5.95 Å². The first-order chi connectivity index (χ1) is 12.6. The molecule has 1 amide bonds. The van der Waals surface area contributed by atoms with E-state index in [1.165, 1.54) is 4.80 Å². The van der Waals surface area contributed by atoms with Crippen LogP contribution in [0.5, 0.6) is 0 Å². The Balaban J connectivity index is 1.70. The highest BCUT2D eigenvalue weighted by atomic mass is 16.4. The molecular weight excluding hydrogens is 334 g/mol. The van der Waals surface area contributed by atoms with Gasteiger partial charge < -0.3 is 4.42 Å². The number of para-hydroxylation sites is 1. The number of carbonyl (C=O) groups is 1. The summed E-state index contributed by atoms with van der Waals surface area (Å²) in [6, 6.07) is 15.7. The number of aryl methyl sites for hydroxylation is 1. The molecule has 0 atom stereocenters. The number of nitrogens with one attached hydrogen (secondary N) is 1. The summed E-state index contributed by atoms with van der Waals surface area (Å²) < 4.78 is 5.36. The van der Waals surface area contributed by atoms with Gasteiger partial charge in [-0.2, -0.15) is 4.80 Å². The Morgan fingerprint density at radius 3 is 2.77 bits per heavy atom. The molecule has 0 saturated heterocycles. The molecule has 4 aromatic rings. The number of hydrogen-bond donors (Lipinski definition) is 1. The standard InChI is InChI=1S/C18H13N5O3/c1-23-21-18(20-22-23)19-16(24)13-7-4-6-11(9-13)14-10-12-5-2-3-8-15(12)26-17(14)25/h2-10H,1H3,(H,19,21,24). The molecule has 2 aromatic carbocycles. The summed E-state index contributed by atoms with van der Waals surface area (Å²) in [4.78, 5) is 25.9. The number of carbonyl (C=O) groups excluding carboxylic acids is 1. The number of hydrogen-bond acceptors (Lipinski definition) is 6. The van der Waals surface area contributed by atoms with E-state index in [2.05, 4.69) is 20.7 Å². The fourth-order valence-electron chi connectivity index (χ4n) is 2.60. The number of rotatable bonds is 3. The maximum absolute atomic E-state index is 12.4. The molecule has 0 aliphatic heterocycles. The van der Waals surface area contributed by atoms with Crippen molar-refractivity contribution in [2.75, 3.05) is 5.32 Å². The summed E-state index contributed by atoms with van der Waals surface area (Å²) in [5.41, 5.74) is 1.39. The second-order valence-corrected chi connectivity index (χ2v) is 5.62. The van der Waals surface area contributed by atoms with Crippen LogP contribution in [0.15, 0.2) is 63.8 Å². The predicted octanol–water partition coefficient (Wildman–Crippen LogP) is 2.24. The van der Waals surface area contributed by atoms with E-state index in [1.807, 2.05) is 12.1 Å². The van der Waals surface area contributed by atoms with Gasteiger partial charge in [0.15, 0.2) is 0 Å². The van der Waals surface area contributed by atoms with Gasteiger partial charge in [-0.1, -0.05) is 35.4 Å². The molecule has 128 valence electrons. The fourth-order valence-corrected chi connectivity index (χ4v) is 2.60. The molecule has 26 heavy (non-hydrogen) atoms. The molecule has 0 aliphatic carbocycles. The summed E-state index contributed by atoms with van der Waals surface area (Å²) in [6.45, 7) is 0. The average molecular weight is 347 g/mol. The molecule has 1 N–H and O–H groups in total. The van der Waals surface area contributed by atoms with Crippen molar-refractivity contribution in [3.05, 3.63) is 70.6 Å². The van der Waals surface area contributed by atoms with E-state index in [4.69, 9.17) is 4.42 Å². The van der Waals surface area contributed by atoms with Gasteiger partial charge in [-0.15, -0.1) is 5.10 Å². The lowest BCUT2D eigenvalue weighted by Gasteiger charge is -2.05. The van der Waals surface area contributed by atoms with Crippen molar-refractivity contribution >= 4 is 22.8 Å². The number of amides is 1. The van der Waals surface area contributed by atoms with Crippen molar-refractivity contribution < 1.29 is 9.21 Å². The Hall–Kier alpha value is -3.81. The predicted molar refractivity (Wildman–Crippen MR) is 94.7 cm³/mol. The summed E-state index contributed by atoms with van der Waals surface area (Å²) in [5.74, 6) is -0.293. The van der Waals surface area contributed by atoms with E-state index in [9.17, 15) is 9.59 Å². The van der Waals surface area contributed by atoms with Crippen molar-refractivity contribution in [1.29, 1.82) is 0 Å². The Morgan fingerprint density at radius 2 is 1.96 bits per heavy atom. The van der Waals surface area contributed by atoms with Crippen molar-refractivity contribution in [2.24, 2.45) is 7.05 Å².